The van der Waals surface area contributed by atoms with Gasteiger partial charge >= 0.3 is 6.09 Å². The quantitative estimate of drug-likeness (QED) is 0.347. The molecular weight excluding hydrogens is 449 g/mol. The average Bonchev–Trinajstić information content (AvgIpc) is 2.49. The number of carbonyl (C=O) groups is 1. The lowest BCUT2D eigenvalue weighted by Crippen LogP contribution is -2.63. The van der Waals surface area contributed by atoms with Crippen LogP contribution in [0.15, 0.2) is 4.99 Å². The third kappa shape index (κ3) is 8.26. The van der Waals surface area contributed by atoms with E-state index in [1.54, 1.807) is 4.90 Å². The van der Waals surface area contributed by atoms with Crippen LogP contribution in [-0.4, -0.2) is 92.5 Å². The van der Waals surface area contributed by atoms with E-state index in [-0.39, 0.29) is 36.1 Å². The molecule has 0 aromatic heterocycles. The highest BCUT2D eigenvalue weighted by Gasteiger charge is 2.34. The standard InChI is InChI=1S/C17H33N5O3.HI/c1-5-18-15(19-6-7-21-8-10-24-11-9-21)20-14-12-22(13-14)16(23)25-17(2,3)4;/h14H,5-13H2,1-4H3,(H2,18,19,20);1H. The zero-order valence-electron chi connectivity index (χ0n) is 16.4. The number of amides is 1. The number of hydrogen-bond acceptors (Lipinski definition) is 5. The van der Waals surface area contributed by atoms with Gasteiger partial charge in [0.05, 0.1) is 25.8 Å². The molecule has 2 fully saturated rings. The number of halogens is 1. The Balaban J connectivity index is 0.00000338. The molecule has 26 heavy (non-hydrogen) atoms. The Bertz CT molecular complexity index is 458. The second-order valence-corrected chi connectivity index (χ2v) is 7.44. The van der Waals surface area contributed by atoms with Crippen LogP contribution in [0.25, 0.3) is 0 Å². The van der Waals surface area contributed by atoms with Crippen molar-refractivity contribution in [1.29, 1.82) is 0 Å². The summed E-state index contributed by atoms with van der Waals surface area (Å²) in [7, 11) is 0. The van der Waals surface area contributed by atoms with E-state index >= 15 is 0 Å². The van der Waals surface area contributed by atoms with E-state index in [4.69, 9.17) is 9.47 Å². The lowest BCUT2D eigenvalue weighted by molar-refractivity contribution is 0.00699. The molecule has 8 nitrogen and oxygen atoms in total. The Kier molecular flexibility index (Phi) is 9.94. The number of morpholine rings is 1. The van der Waals surface area contributed by atoms with Crippen molar-refractivity contribution in [2.45, 2.75) is 39.3 Å². The smallest absolute Gasteiger partial charge is 0.410 e. The molecule has 2 rings (SSSR count). The van der Waals surface area contributed by atoms with Gasteiger partial charge in [-0.05, 0) is 27.7 Å². The first-order chi connectivity index (χ1) is 11.9. The molecule has 0 bridgehead atoms. The lowest BCUT2D eigenvalue weighted by Gasteiger charge is -2.40. The van der Waals surface area contributed by atoms with Gasteiger partial charge in [0, 0.05) is 39.3 Å². The monoisotopic (exact) mass is 483 g/mol. The maximum Gasteiger partial charge on any atom is 0.410 e. The number of nitrogens with zero attached hydrogens (tertiary/aromatic N) is 3. The van der Waals surface area contributed by atoms with Crippen molar-refractivity contribution < 1.29 is 14.3 Å². The summed E-state index contributed by atoms with van der Waals surface area (Å²) in [6.07, 6.45) is -0.250. The fourth-order valence-electron chi connectivity index (χ4n) is 2.69. The van der Waals surface area contributed by atoms with Crippen molar-refractivity contribution >= 4 is 36.0 Å². The maximum atomic E-state index is 12.0. The Hall–Kier alpha value is -0.810. The topological polar surface area (TPSA) is 78.4 Å². The van der Waals surface area contributed by atoms with Gasteiger partial charge in [0.15, 0.2) is 5.96 Å². The van der Waals surface area contributed by atoms with Crippen molar-refractivity contribution in [2.24, 2.45) is 4.99 Å². The van der Waals surface area contributed by atoms with Gasteiger partial charge in [-0.2, -0.15) is 0 Å². The molecule has 152 valence electrons. The highest BCUT2D eigenvalue weighted by atomic mass is 127. The van der Waals surface area contributed by atoms with E-state index in [2.05, 4.69) is 20.5 Å². The summed E-state index contributed by atoms with van der Waals surface area (Å²) in [6.45, 7) is 15.0. The molecule has 0 radical (unpaired) electrons. The molecule has 0 spiro atoms. The zero-order valence-corrected chi connectivity index (χ0v) is 18.7. The van der Waals surface area contributed by atoms with Gasteiger partial charge in [0.2, 0.25) is 0 Å². The fourth-order valence-corrected chi connectivity index (χ4v) is 2.69. The molecule has 0 aromatic carbocycles. The van der Waals surface area contributed by atoms with Crippen molar-refractivity contribution in [3.05, 3.63) is 0 Å². The lowest BCUT2D eigenvalue weighted by atomic mass is 10.1. The van der Waals surface area contributed by atoms with Crippen molar-refractivity contribution in [1.82, 2.24) is 20.4 Å². The molecule has 0 aromatic rings. The summed E-state index contributed by atoms with van der Waals surface area (Å²) in [4.78, 5) is 20.7. The van der Waals surface area contributed by atoms with Crippen molar-refractivity contribution in [3.8, 4) is 0 Å². The Labute approximate surface area is 174 Å². The van der Waals surface area contributed by atoms with Gasteiger partial charge in [-0.25, -0.2) is 4.79 Å². The molecule has 0 unspecified atom stereocenters. The van der Waals surface area contributed by atoms with Crippen LogP contribution in [0.4, 0.5) is 4.79 Å². The number of ether oxygens (including phenoxy) is 2. The minimum Gasteiger partial charge on any atom is -0.444 e. The molecule has 0 saturated carbocycles. The number of rotatable bonds is 5. The summed E-state index contributed by atoms with van der Waals surface area (Å²) in [5.41, 5.74) is -0.453. The Morgan fingerprint density at radius 2 is 1.92 bits per heavy atom. The van der Waals surface area contributed by atoms with E-state index in [0.717, 1.165) is 51.9 Å². The Morgan fingerprint density at radius 3 is 2.50 bits per heavy atom. The molecule has 2 aliphatic heterocycles. The number of nitrogens with one attached hydrogen (secondary N) is 2. The highest BCUT2D eigenvalue weighted by molar-refractivity contribution is 14.0. The predicted octanol–water partition coefficient (Wildman–Crippen LogP) is 1.11. The number of guanidine groups is 1. The van der Waals surface area contributed by atoms with Crippen LogP contribution < -0.4 is 10.6 Å². The van der Waals surface area contributed by atoms with E-state index in [1.807, 2.05) is 27.7 Å². The Morgan fingerprint density at radius 1 is 1.27 bits per heavy atom. The summed E-state index contributed by atoms with van der Waals surface area (Å²) in [5.74, 6) is 0.810. The summed E-state index contributed by atoms with van der Waals surface area (Å²) in [6, 6.07) is 0.216. The number of carbonyl (C=O) groups excluding carboxylic acids is 1. The molecule has 2 saturated heterocycles. The van der Waals surface area contributed by atoms with Crippen LogP contribution in [0, 0.1) is 0 Å². The van der Waals surface area contributed by atoms with Crippen molar-refractivity contribution in [2.75, 3.05) is 59.0 Å². The van der Waals surface area contributed by atoms with Crippen LogP contribution in [0.2, 0.25) is 0 Å². The van der Waals surface area contributed by atoms with Crippen LogP contribution >= 0.6 is 24.0 Å². The third-order valence-electron chi connectivity index (χ3n) is 4.01. The number of hydrogen-bond donors (Lipinski definition) is 2. The highest BCUT2D eigenvalue weighted by Crippen LogP contribution is 2.15. The second kappa shape index (κ2) is 11.1. The van der Waals surface area contributed by atoms with Gasteiger partial charge in [0.1, 0.15) is 5.60 Å². The van der Waals surface area contributed by atoms with Crippen LogP contribution in [0.3, 0.4) is 0 Å². The van der Waals surface area contributed by atoms with E-state index in [9.17, 15) is 4.79 Å². The molecule has 2 aliphatic rings. The van der Waals surface area contributed by atoms with E-state index in [1.165, 1.54) is 0 Å². The largest absolute Gasteiger partial charge is 0.444 e. The number of likely N-dealkylation sites (tertiary alicyclic amines) is 1. The predicted molar refractivity (Wildman–Crippen MR) is 113 cm³/mol. The first-order valence-electron chi connectivity index (χ1n) is 9.20. The molecule has 1 amide bonds. The SMILES string of the molecule is CCNC(=NCCN1CCOCC1)NC1CN(C(=O)OC(C)(C)C)C1.I. The molecule has 2 N–H and O–H groups in total. The van der Waals surface area contributed by atoms with Crippen LogP contribution in [0.5, 0.6) is 0 Å². The summed E-state index contributed by atoms with van der Waals surface area (Å²) >= 11 is 0. The number of aliphatic imine (C=N–C) groups is 1. The zero-order chi connectivity index (χ0) is 18.3. The normalized spacial score (nSPS) is 19.4. The summed E-state index contributed by atoms with van der Waals surface area (Å²) in [5, 5.41) is 6.65. The second-order valence-electron chi connectivity index (χ2n) is 7.44. The third-order valence-corrected chi connectivity index (χ3v) is 4.01. The minimum atomic E-state index is -0.453. The first kappa shape index (κ1) is 23.2. The van der Waals surface area contributed by atoms with Gasteiger partial charge in [-0.1, -0.05) is 0 Å². The first-order valence-corrected chi connectivity index (χ1v) is 9.20. The summed E-state index contributed by atoms with van der Waals surface area (Å²) < 4.78 is 10.7. The molecule has 9 heteroatoms. The maximum absolute atomic E-state index is 12.0. The van der Waals surface area contributed by atoms with Crippen LogP contribution in [0.1, 0.15) is 27.7 Å². The van der Waals surface area contributed by atoms with Crippen molar-refractivity contribution in [3.63, 3.8) is 0 Å². The van der Waals surface area contributed by atoms with E-state index < -0.39 is 5.60 Å². The minimum absolute atomic E-state index is 0. The molecular formula is C17H34IN5O3. The fraction of sp³-hybridized carbons (Fsp3) is 0.882. The van der Waals surface area contributed by atoms with Gasteiger partial charge < -0.3 is 25.0 Å². The van der Waals surface area contributed by atoms with Crippen LogP contribution in [-0.2, 0) is 9.47 Å². The molecule has 0 aliphatic carbocycles. The van der Waals surface area contributed by atoms with Gasteiger partial charge in [-0.15, -0.1) is 24.0 Å². The van der Waals surface area contributed by atoms with Gasteiger partial charge in [-0.3, -0.25) is 9.89 Å². The average molecular weight is 483 g/mol. The molecule has 2 heterocycles. The van der Waals surface area contributed by atoms with E-state index in [0.29, 0.717) is 13.1 Å². The van der Waals surface area contributed by atoms with Gasteiger partial charge in [0.25, 0.3) is 0 Å². The molecule has 0 atom stereocenters.